The summed E-state index contributed by atoms with van der Waals surface area (Å²) in [6, 6.07) is 12.0. The van der Waals surface area contributed by atoms with Crippen molar-refractivity contribution in [2.75, 3.05) is 62.2 Å². The van der Waals surface area contributed by atoms with E-state index in [-0.39, 0.29) is 36.4 Å². The Morgan fingerprint density at radius 1 is 0.967 bits per heavy atom. The highest BCUT2D eigenvalue weighted by atomic mass is 19.1. The Labute approximate surface area is 356 Å². The molecule has 7 aliphatic rings. The zero-order valence-corrected chi connectivity index (χ0v) is 35.5. The van der Waals surface area contributed by atoms with E-state index in [4.69, 9.17) is 14.7 Å². The smallest absolute Gasteiger partial charge is 0.255 e. The first-order chi connectivity index (χ1) is 29.4. The van der Waals surface area contributed by atoms with Gasteiger partial charge in [-0.15, -0.1) is 0 Å². The van der Waals surface area contributed by atoms with E-state index in [0.717, 1.165) is 98.3 Å². The average Bonchev–Trinajstić information content (AvgIpc) is 3.77. The molecule has 1 aliphatic carbocycles. The van der Waals surface area contributed by atoms with Crippen molar-refractivity contribution in [1.82, 2.24) is 35.0 Å². The van der Waals surface area contributed by atoms with Gasteiger partial charge in [0, 0.05) is 104 Å². The number of aromatic amines is 1. The van der Waals surface area contributed by atoms with Crippen molar-refractivity contribution in [2.24, 2.45) is 11.3 Å². The maximum Gasteiger partial charge on any atom is 0.255 e. The summed E-state index contributed by atoms with van der Waals surface area (Å²) in [5.74, 6) is 1.40. The number of ether oxygens (including phenoxy) is 1. The van der Waals surface area contributed by atoms with Gasteiger partial charge in [0.05, 0.1) is 24.3 Å². The lowest BCUT2D eigenvalue weighted by atomic mass is 9.57. The van der Waals surface area contributed by atoms with Gasteiger partial charge >= 0.3 is 0 Å². The predicted octanol–water partition coefficient (Wildman–Crippen LogP) is 5.38. The lowest BCUT2D eigenvalue weighted by Gasteiger charge is -2.54. The number of imide groups is 1. The number of anilines is 2. The van der Waals surface area contributed by atoms with Crippen molar-refractivity contribution in [3.8, 4) is 5.75 Å². The lowest BCUT2D eigenvalue weighted by Crippen LogP contribution is -2.59. The van der Waals surface area contributed by atoms with Crippen molar-refractivity contribution < 1.29 is 23.5 Å². The maximum atomic E-state index is 15.3. The summed E-state index contributed by atoms with van der Waals surface area (Å²) in [5.41, 5.74) is 6.09. The standard InChI is InChI=1S/C47H56FN9O4/c1-28-18-34-32-6-4-5-7-36(32)51-40(34)41(57(28)27-46(2,3)48)30-21-49-45(50-22-30)54-14-12-47(13-15-54)19-29(20-47)23-53-16-17-55-31(24-53)26-61-42-35-25-56(38-10-11-39(58)52-43(38)59)44(60)33(35)8-9-37(42)55/h4-9,21-22,28-29,31,38,41,51H,10-20,23-27H2,1-3H3,(H,52,58,59)/t28-,31-,38?,41-/m1/s1. The molecule has 2 aromatic carbocycles. The van der Waals surface area contributed by atoms with Crippen LogP contribution in [0, 0.1) is 11.3 Å². The summed E-state index contributed by atoms with van der Waals surface area (Å²) in [6.07, 6.45) is 10.2. The summed E-state index contributed by atoms with van der Waals surface area (Å²) in [7, 11) is 0. The maximum absolute atomic E-state index is 15.3. The molecule has 4 atom stereocenters. The van der Waals surface area contributed by atoms with E-state index in [9.17, 15) is 14.4 Å². The van der Waals surface area contributed by atoms with Gasteiger partial charge in [0.2, 0.25) is 17.8 Å². The summed E-state index contributed by atoms with van der Waals surface area (Å²) in [6.45, 7) is 12.6. The highest BCUT2D eigenvalue weighted by molar-refractivity contribution is 6.06. The van der Waals surface area contributed by atoms with Gasteiger partial charge in [0.25, 0.3) is 5.91 Å². The number of benzene rings is 2. The van der Waals surface area contributed by atoms with Gasteiger partial charge in [0.15, 0.2) is 0 Å². The molecule has 13 nitrogen and oxygen atoms in total. The number of hydrogen-bond acceptors (Lipinski definition) is 10. The monoisotopic (exact) mass is 829 g/mol. The molecule has 1 unspecified atom stereocenters. The highest BCUT2D eigenvalue weighted by Gasteiger charge is 2.48. The minimum Gasteiger partial charge on any atom is -0.489 e. The highest BCUT2D eigenvalue weighted by Crippen LogP contribution is 2.53. The Kier molecular flexibility index (Phi) is 9.23. The molecule has 2 N–H and O–H groups in total. The number of nitrogens with zero attached hydrogens (tertiary/aromatic N) is 7. The molecule has 1 spiro atoms. The van der Waals surface area contributed by atoms with Crippen LogP contribution in [0.2, 0.25) is 0 Å². The van der Waals surface area contributed by atoms with E-state index >= 15 is 4.39 Å². The zero-order valence-electron chi connectivity index (χ0n) is 35.5. The molecule has 6 aliphatic heterocycles. The predicted molar refractivity (Wildman–Crippen MR) is 229 cm³/mol. The van der Waals surface area contributed by atoms with E-state index in [1.807, 2.05) is 24.5 Å². The number of nitrogens with one attached hydrogen (secondary N) is 2. The van der Waals surface area contributed by atoms with Crippen LogP contribution in [0.25, 0.3) is 10.9 Å². The van der Waals surface area contributed by atoms with Crippen LogP contribution in [0.5, 0.6) is 5.75 Å². The molecule has 320 valence electrons. The summed E-state index contributed by atoms with van der Waals surface area (Å²) in [5, 5.41) is 3.64. The molecule has 11 rings (SSSR count). The van der Waals surface area contributed by atoms with Crippen molar-refractivity contribution in [1.29, 1.82) is 0 Å². The molecule has 0 radical (unpaired) electrons. The molecule has 2 aromatic heterocycles. The number of carbonyl (C=O) groups is 3. The quantitative estimate of drug-likeness (QED) is 0.234. The first-order valence-electron chi connectivity index (χ1n) is 22.4. The minimum atomic E-state index is -1.34. The fourth-order valence-corrected chi connectivity index (χ4v) is 12.1. The third-order valence-electron chi connectivity index (χ3n) is 15.1. The second-order valence-corrected chi connectivity index (χ2v) is 19.7. The van der Waals surface area contributed by atoms with E-state index < -0.39 is 17.6 Å². The Hall–Kier alpha value is -5.08. The minimum absolute atomic E-state index is 0.149. The third-order valence-corrected chi connectivity index (χ3v) is 15.1. The largest absolute Gasteiger partial charge is 0.489 e. The number of piperazine rings is 1. The Balaban J connectivity index is 0.694. The van der Waals surface area contributed by atoms with Crippen LogP contribution < -0.4 is 19.9 Å². The number of alkyl halides is 1. The van der Waals surface area contributed by atoms with E-state index in [1.165, 1.54) is 23.8 Å². The fourth-order valence-electron chi connectivity index (χ4n) is 12.1. The lowest BCUT2D eigenvalue weighted by molar-refractivity contribution is -0.136. The average molecular weight is 830 g/mol. The van der Waals surface area contributed by atoms with Crippen LogP contribution >= 0.6 is 0 Å². The van der Waals surface area contributed by atoms with Crippen LogP contribution in [-0.2, 0) is 22.6 Å². The number of carbonyl (C=O) groups excluding carboxylic acids is 3. The number of aromatic nitrogens is 3. The van der Waals surface area contributed by atoms with Crippen LogP contribution in [0.4, 0.5) is 16.0 Å². The molecule has 3 amide bonds. The van der Waals surface area contributed by atoms with Gasteiger partial charge in [-0.2, -0.15) is 0 Å². The number of hydrogen-bond donors (Lipinski definition) is 2. The third kappa shape index (κ3) is 6.75. The molecule has 0 bridgehead atoms. The molecular weight excluding hydrogens is 774 g/mol. The summed E-state index contributed by atoms with van der Waals surface area (Å²) < 4.78 is 21.7. The van der Waals surface area contributed by atoms with Gasteiger partial charge in [-0.1, -0.05) is 18.2 Å². The summed E-state index contributed by atoms with van der Waals surface area (Å²) in [4.78, 5) is 62.7. The van der Waals surface area contributed by atoms with E-state index in [2.05, 4.69) is 61.1 Å². The molecule has 3 saturated heterocycles. The molecule has 14 heteroatoms. The van der Waals surface area contributed by atoms with Crippen LogP contribution in [0.1, 0.15) is 98.1 Å². The number of halogens is 1. The van der Waals surface area contributed by atoms with Crippen molar-refractivity contribution in [3.63, 3.8) is 0 Å². The zero-order chi connectivity index (χ0) is 41.8. The number of rotatable bonds is 7. The van der Waals surface area contributed by atoms with Crippen molar-refractivity contribution in [2.45, 2.75) is 102 Å². The van der Waals surface area contributed by atoms with E-state index in [0.29, 0.717) is 43.0 Å². The number of para-hydroxylation sites is 1. The number of amides is 3. The normalized spacial score (nSPS) is 26.8. The molecule has 4 fully saturated rings. The molecule has 4 aromatic rings. The Bertz CT molecular complexity index is 2400. The van der Waals surface area contributed by atoms with Crippen molar-refractivity contribution in [3.05, 3.63) is 76.7 Å². The first kappa shape index (κ1) is 38.8. The molecule has 61 heavy (non-hydrogen) atoms. The Morgan fingerprint density at radius 3 is 2.52 bits per heavy atom. The van der Waals surface area contributed by atoms with Crippen molar-refractivity contribution >= 4 is 40.3 Å². The topological polar surface area (TPSA) is 130 Å². The van der Waals surface area contributed by atoms with Gasteiger partial charge in [-0.25, -0.2) is 14.4 Å². The first-order valence-corrected chi connectivity index (χ1v) is 22.4. The second kappa shape index (κ2) is 14.5. The van der Waals surface area contributed by atoms with Gasteiger partial charge < -0.3 is 24.4 Å². The second-order valence-electron chi connectivity index (χ2n) is 19.7. The molecule has 8 heterocycles. The number of piperidine rings is 2. The van der Waals surface area contributed by atoms with Crippen LogP contribution in [0.3, 0.4) is 0 Å². The van der Waals surface area contributed by atoms with Gasteiger partial charge in [0.1, 0.15) is 24.1 Å². The summed E-state index contributed by atoms with van der Waals surface area (Å²) >= 11 is 0. The van der Waals surface area contributed by atoms with Crippen LogP contribution in [-0.4, -0.2) is 124 Å². The SMILES string of the molecule is C[C@@H]1Cc2c([nH]c3ccccc23)[C@@H](c2cnc(N3CCC4(CC3)CC(CN3CCN5c6ccc7c(c6OC[C@H]5C3)CN(C3CCC(=O)NC3=O)C7=O)C4)nc2)N1CC(C)(C)F. The van der Waals surface area contributed by atoms with E-state index in [1.54, 1.807) is 18.7 Å². The van der Waals surface area contributed by atoms with Crippen LogP contribution in [0.15, 0.2) is 48.8 Å². The van der Waals surface area contributed by atoms with Gasteiger partial charge in [-0.3, -0.25) is 29.5 Å². The molecule has 1 saturated carbocycles. The molecular formula is C47H56FN9O4. The fraction of sp³-hybridized carbons (Fsp3) is 0.553. The number of fused-ring (bicyclic) bond motifs is 8. The number of H-pyrrole nitrogens is 1. The van der Waals surface area contributed by atoms with Gasteiger partial charge in [-0.05, 0) is 94.4 Å². The Morgan fingerprint density at radius 2 is 1.75 bits per heavy atom.